The van der Waals surface area contributed by atoms with Crippen LogP contribution in [0.5, 0.6) is 0 Å². The van der Waals surface area contributed by atoms with Gasteiger partial charge in [-0.15, -0.1) is 0 Å². The SMILES string of the molecule is Nc1ccc(Br)c(C(=O)c2c[nH]c3cc(Br)ccc23)c1. The summed E-state index contributed by atoms with van der Waals surface area (Å²) in [5.74, 6) is -0.0576. The zero-order chi connectivity index (χ0) is 14.3. The molecule has 0 saturated heterocycles. The number of ketones is 1. The van der Waals surface area contributed by atoms with Crippen molar-refractivity contribution in [3.8, 4) is 0 Å². The van der Waals surface area contributed by atoms with Gasteiger partial charge in [-0.1, -0.05) is 37.9 Å². The van der Waals surface area contributed by atoms with Gasteiger partial charge in [0.2, 0.25) is 0 Å². The number of aromatic amines is 1. The zero-order valence-electron chi connectivity index (χ0n) is 10.3. The first-order valence-electron chi connectivity index (χ1n) is 5.92. The topological polar surface area (TPSA) is 58.9 Å². The average Bonchev–Trinajstić information content (AvgIpc) is 2.83. The largest absolute Gasteiger partial charge is 0.399 e. The minimum Gasteiger partial charge on any atom is -0.399 e. The van der Waals surface area contributed by atoms with Crippen molar-refractivity contribution in [1.29, 1.82) is 0 Å². The Balaban J connectivity index is 2.15. The van der Waals surface area contributed by atoms with Gasteiger partial charge in [-0.25, -0.2) is 0 Å². The molecule has 3 N–H and O–H groups in total. The standard InChI is InChI=1S/C15H10Br2N2O/c16-8-1-3-10-12(7-19-14(10)5-8)15(20)11-6-9(18)2-4-13(11)17/h1-7,19H,18H2. The summed E-state index contributed by atoms with van der Waals surface area (Å²) in [7, 11) is 0. The molecule has 0 aliphatic heterocycles. The quantitative estimate of drug-likeness (QED) is 0.497. The lowest BCUT2D eigenvalue weighted by molar-refractivity contribution is 0.103. The summed E-state index contributed by atoms with van der Waals surface area (Å²) in [5, 5.41) is 0.896. The number of nitrogens with one attached hydrogen (secondary N) is 1. The molecule has 3 rings (SSSR count). The van der Waals surface area contributed by atoms with Crippen LogP contribution in [0.3, 0.4) is 0 Å². The van der Waals surface area contributed by atoms with Crippen LogP contribution in [0.25, 0.3) is 10.9 Å². The van der Waals surface area contributed by atoms with E-state index in [1.165, 1.54) is 0 Å². The van der Waals surface area contributed by atoms with Crippen LogP contribution in [0.1, 0.15) is 15.9 Å². The summed E-state index contributed by atoms with van der Waals surface area (Å²) in [4.78, 5) is 15.8. The van der Waals surface area contributed by atoms with Crippen LogP contribution in [-0.2, 0) is 0 Å². The lowest BCUT2D eigenvalue weighted by Gasteiger charge is -2.04. The smallest absolute Gasteiger partial charge is 0.196 e. The Hall–Kier alpha value is -1.59. The van der Waals surface area contributed by atoms with Crippen molar-refractivity contribution in [2.24, 2.45) is 0 Å². The average molecular weight is 394 g/mol. The van der Waals surface area contributed by atoms with Crippen LogP contribution in [0.15, 0.2) is 51.5 Å². The molecule has 0 unspecified atom stereocenters. The van der Waals surface area contributed by atoms with E-state index < -0.39 is 0 Å². The second-order valence-corrected chi connectivity index (χ2v) is 6.23. The van der Waals surface area contributed by atoms with Gasteiger partial charge >= 0.3 is 0 Å². The number of nitrogens with two attached hydrogens (primary N) is 1. The third-order valence-electron chi connectivity index (χ3n) is 3.12. The molecule has 1 heterocycles. The maximum Gasteiger partial charge on any atom is 0.196 e. The summed E-state index contributed by atoms with van der Waals surface area (Å²) < 4.78 is 1.71. The Morgan fingerprint density at radius 2 is 1.85 bits per heavy atom. The molecule has 5 heteroatoms. The summed E-state index contributed by atoms with van der Waals surface area (Å²) >= 11 is 6.81. The second kappa shape index (κ2) is 5.07. The summed E-state index contributed by atoms with van der Waals surface area (Å²) in [6, 6.07) is 11.0. The molecular formula is C15H10Br2N2O. The molecule has 0 bridgehead atoms. The van der Waals surface area contributed by atoms with Crippen molar-refractivity contribution in [2.75, 3.05) is 5.73 Å². The molecule has 0 amide bonds. The van der Waals surface area contributed by atoms with E-state index in [1.54, 1.807) is 24.4 Å². The van der Waals surface area contributed by atoms with Gasteiger partial charge in [0.1, 0.15) is 0 Å². The van der Waals surface area contributed by atoms with Crippen molar-refractivity contribution in [1.82, 2.24) is 4.98 Å². The van der Waals surface area contributed by atoms with Crippen molar-refractivity contribution < 1.29 is 4.79 Å². The molecule has 0 radical (unpaired) electrons. The van der Waals surface area contributed by atoms with Crippen LogP contribution >= 0.6 is 31.9 Å². The molecule has 0 aliphatic rings. The van der Waals surface area contributed by atoms with Crippen LogP contribution < -0.4 is 5.73 Å². The molecule has 0 aliphatic carbocycles. The van der Waals surface area contributed by atoms with Gasteiger partial charge in [0.05, 0.1) is 0 Å². The van der Waals surface area contributed by atoms with Crippen molar-refractivity contribution in [3.05, 3.63) is 62.7 Å². The highest BCUT2D eigenvalue weighted by Crippen LogP contribution is 2.27. The number of hydrogen-bond acceptors (Lipinski definition) is 2. The van der Waals surface area contributed by atoms with Gasteiger partial charge in [-0.2, -0.15) is 0 Å². The number of carbonyl (C=O) groups is 1. The summed E-state index contributed by atoms with van der Waals surface area (Å²) in [6.45, 7) is 0. The molecule has 1 aromatic heterocycles. The molecule has 3 nitrogen and oxygen atoms in total. The third-order valence-corrected chi connectivity index (χ3v) is 4.31. The molecule has 0 spiro atoms. The number of anilines is 1. The maximum atomic E-state index is 12.7. The Labute approximate surface area is 132 Å². The molecule has 100 valence electrons. The number of nitrogen functional groups attached to an aromatic ring is 1. The first-order valence-corrected chi connectivity index (χ1v) is 7.51. The number of carbonyl (C=O) groups excluding carboxylic acids is 1. The number of aromatic nitrogens is 1. The van der Waals surface area contributed by atoms with Crippen LogP contribution in [0, 0.1) is 0 Å². The Morgan fingerprint density at radius 3 is 2.65 bits per heavy atom. The van der Waals surface area contributed by atoms with Crippen LogP contribution in [0.4, 0.5) is 5.69 Å². The highest BCUT2D eigenvalue weighted by atomic mass is 79.9. The number of benzene rings is 2. The Kier molecular flexibility index (Phi) is 3.40. The van der Waals surface area contributed by atoms with Crippen molar-refractivity contribution in [2.45, 2.75) is 0 Å². The van der Waals surface area contributed by atoms with Gasteiger partial charge in [0, 0.05) is 42.9 Å². The molecule has 0 atom stereocenters. The minimum atomic E-state index is -0.0576. The maximum absolute atomic E-state index is 12.7. The van der Waals surface area contributed by atoms with Gasteiger partial charge in [0.15, 0.2) is 5.78 Å². The second-order valence-electron chi connectivity index (χ2n) is 4.46. The lowest BCUT2D eigenvalue weighted by Crippen LogP contribution is -2.02. The number of H-pyrrole nitrogens is 1. The van der Waals surface area contributed by atoms with E-state index in [4.69, 9.17) is 5.73 Å². The monoisotopic (exact) mass is 392 g/mol. The highest BCUT2D eigenvalue weighted by Gasteiger charge is 2.17. The molecule has 0 fully saturated rings. The minimum absolute atomic E-state index is 0.0576. The van der Waals surface area contributed by atoms with Gasteiger partial charge in [-0.3, -0.25) is 4.79 Å². The highest BCUT2D eigenvalue weighted by molar-refractivity contribution is 9.10. The molecule has 20 heavy (non-hydrogen) atoms. The molecule has 3 aromatic rings. The molecular weight excluding hydrogens is 384 g/mol. The molecule has 2 aromatic carbocycles. The van der Waals surface area contributed by atoms with E-state index in [-0.39, 0.29) is 5.78 Å². The summed E-state index contributed by atoms with van der Waals surface area (Å²) in [6.07, 6.45) is 1.73. The van der Waals surface area contributed by atoms with E-state index in [1.807, 2.05) is 18.2 Å². The number of hydrogen-bond donors (Lipinski definition) is 2. The number of halogens is 2. The molecule has 0 saturated carbocycles. The fourth-order valence-corrected chi connectivity index (χ4v) is 2.94. The van der Waals surface area contributed by atoms with E-state index in [0.717, 1.165) is 19.8 Å². The van der Waals surface area contributed by atoms with E-state index in [2.05, 4.69) is 36.8 Å². The Bertz CT molecular complexity index is 824. The van der Waals surface area contributed by atoms with Gasteiger partial charge in [-0.05, 0) is 30.3 Å². The van der Waals surface area contributed by atoms with E-state index in [0.29, 0.717) is 16.8 Å². The first kappa shape index (κ1) is 13.4. The van der Waals surface area contributed by atoms with E-state index >= 15 is 0 Å². The number of rotatable bonds is 2. The van der Waals surface area contributed by atoms with E-state index in [9.17, 15) is 4.79 Å². The zero-order valence-corrected chi connectivity index (χ0v) is 13.5. The van der Waals surface area contributed by atoms with Crippen LogP contribution in [0.2, 0.25) is 0 Å². The fourth-order valence-electron chi connectivity index (χ4n) is 2.15. The van der Waals surface area contributed by atoms with Gasteiger partial charge in [0.25, 0.3) is 0 Å². The predicted octanol–water partition coefficient (Wildman–Crippen LogP) is 4.51. The van der Waals surface area contributed by atoms with Crippen LogP contribution in [-0.4, -0.2) is 10.8 Å². The number of fused-ring (bicyclic) bond motifs is 1. The van der Waals surface area contributed by atoms with Crippen molar-refractivity contribution in [3.63, 3.8) is 0 Å². The predicted molar refractivity (Wildman–Crippen MR) is 88.0 cm³/mol. The first-order chi connectivity index (χ1) is 9.56. The third kappa shape index (κ3) is 2.27. The fraction of sp³-hybridized carbons (Fsp3) is 0. The lowest BCUT2D eigenvalue weighted by atomic mass is 10.0. The normalized spacial score (nSPS) is 10.9. The Morgan fingerprint density at radius 1 is 1.05 bits per heavy atom. The van der Waals surface area contributed by atoms with Crippen molar-refractivity contribution >= 4 is 54.2 Å². The summed E-state index contributed by atoms with van der Waals surface area (Å²) in [5.41, 5.74) is 8.45. The van der Waals surface area contributed by atoms with Gasteiger partial charge < -0.3 is 10.7 Å².